The number of unbranched alkanes of at least 4 members (excludes halogenated alkanes) is 2. The molecular weight excluding hydrogens is 516 g/mol. The summed E-state index contributed by atoms with van der Waals surface area (Å²) in [7, 11) is 3.75. The monoisotopic (exact) mass is 566 g/mol. The second-order valence-electron chi connectivity index (χ2n) is 10.6. The molecule has 0 aromatic heterocycles. The minimum Gasteiger partial charge on any atom is -0.507 e. The molecule has 2 aromatic carbocycles. The Morgan fingerprint density at radius 1 is 1.12 bits per heavy atom. The molecule has 1 aliphatic heterocycles. The average Bonchev–Trinajstić information content (AvgIpc) is 2.97. The maximum Gasteiger partial charge on any atom is 0.269 e. The van der Waals surface area contributed by atoms with Crippen molar-refractivity contribution in [2.75, 3.05) is 40.4 Å². The molecule has 8 heteroatoms. The molecule has 0 unspecified atom stereocenters. The first kappa shape index (κ1) is 35.5. The van der Waals surface area contributed by atoms with Crippen LogP contribution in [-0.2, 0) is 26.3 Å². The number of amides is 2. The van der Waals surface area contributed by atoms with Crippen molar-refractivity contribution in [3.63, 3.8) is 0 Å². The normalized spacial score (nSPS) is 13.0. The first-order valence-corrected chi connectivity index (χ1v) is 14.4. The van der Waals surface area contributed by atoms with Crippen LogP contribution < -0.4 is 10.6 Å². The van der Waals surface area contributed by atoms with Crippen molar-refractivity contribution in [3.8, 4) is 16.9 Å². The van der Waals surface area contributed by atoms with Crippen LogP contribution in [0.4, 0.5) is 0 Å². The number of aromatic hydroxyl groups is 1. The fourth-order valence-corrected chi connectivity index (χ4v) is 4.21. The predicted molar refractivity (Wildman–Crippen MR) is 169 cm³/mol. The Kier molecular flexibility index (Phi) is 17.0. The largest absolute Gasteiger partial charge is 0.507 e. The molecule has 2 aromatic rings. The highest BCUT2D eigenvalue weighted by Gasteiger charge is 2.21. The summed E-state index contributed by atoms with van der Waals surface area (Å²) in [5, 5.41) is 23.9. The lowest BCUT2D eigenvalue weighted by atomic mass is 9.79. The zero-order chi connectivity index (χ0) is 30.7. The third-order valence-electron chi connectivity index (χ3n) is 6.65. The number of morpholine rings is 1. The maximum atomic E-state index is 11.9. The molecule has 2 amide bonds. The number of nitrogens with zero attached hydrogens (tertiary/aromatic N) is 1. The molecule has 0 bridgehead atoms. The number of rotatable bonds is 11. The van der Waals surface area contributed by atoms with Crippen molar-refractivity contribution in [1.29, 1.82) is 5.41 Å². The zero-order valence-corrected chi connectivity index (χ0v) is 25.8. The Morgan fingerprint density at radius 3 is 2.37 bits per heavy atom. The van der Waals surface area contributed by atoms with Crippen LogP contribution in [0.5, 0.6) is 5.75 Å². The van der Waals surface area contributed by atoms with E-state index < -0.39 is 5.91 Å². The van der Waals surface area contributed by atoms with Crippen LogP contribution in [0.15, 0.2) is 54.6 Å². The Hall–Kier alpha value is -3.49. The Balaban J connectivity index is 0.000000638. The number of benzene rings is 2. The third kappa shape index (κ3) is 13.1. The molecular formula is C33H50N4O4. The molecule has 1 fully saturated rings. The second-order valence-corrected chi connectivity index (χ2v) is 10.6. The highest BCUT2D eigenvalue weighted by Crippen LogP contribution is 2.36. The first-order chi connectivity index (χ1) is 19.6. The second kappa shape index (κ2) is 19.6. The Morgan fingerprint density at radius 2 is 1.80 bits per heavy atom. The quantitative estimate of drug-likeness (QED) is 0.164. The average molecular weight is 567 g/mol. The van der Waals surface area contributed by atoms with Crippen LogP contribution in [0.25, 0.3) is 11.1 Å². The number of phenols is 1. The summed E-state index contributed by atoms with van der Waals surface area (Å²) in [5.41, 5.74) is 3.69. The van der Waals surface area contributed by atoms with Crippen molar-refractivity contribution in [2.24, 2.45) is 0 Å². The molecule has 4 N–H and O–H groups in total. The van der Waals surface area contributed by atoms with Crippen LogP contribution in [0.2, 0.25) is 0 Å². The van der Waals surface area contributed by atoms with Crippen molar-refractivity contribution < 1.29 is 19.4 Å². The van der Waals surface area contributed by atoms with Gasteiger partial charge in [0, 0.05) is 25.2 Å². The fourth-order valence-electron chi connectivity index (χ4n) is 4.21. The maximum absolute atomic E-state index is 11.9. The standard InChI is InChI=1S/C26H34N2O2.C5H9NO2.C2H7N/c1-5-7-8-15-26(3,4)21-13-14-22(24(29)17-21)20-12-9-11-19(16-20)18-28-25(30)23(27)10-6-2;7-5-6-1-3-8-4-2-6;1-3-2/h6,9-14,16-17,27,29H,5,7-8,15,18H2,1-4H3,(H,28,30);5H,1-4H2;3H,1-2H3/b10-6+,27-23?;;. The number of carbonyl (C=O) groups excluding carboxylic acids is 2. The van der Waals surface area contributed by atoms with E-state index in [1.54, 1.807) is 17.9 Å². The van der Waals surface area contributed by atoms with Gasteiger partial charge in [-0.15, -0.1) is 0 Å². The van der Waals surface area contributed by atoms with Gasteiger partial charge >= 0.3 is 0 Å². The first-order valence-electron chi connectivity index (χ1n) is 14.4. The molecule has 41 heavy (non-hydrogen) atoms. The van der Waals surface area contributed by atoms with Crippen LogP contribution in [-0.4, -0.2) is 68.4 Å². The van der Waals surface area contributed by atoms with Gasteiger partial charge in [-0.3, -0.25) is 15.0 Å². The molecule has 226 valence electrons. The number of phenolic OH excluding ortho intramolecular Hbond substituents is 1. The van der Waals surface area contributed by atoms with Gasteiger partial charge in [-0.05, 0) is 67.8 Å². The predicted octanol–water partition coefficient (Wildman–Crippen LogP) is 5.44. The van der Waals surface area contributed by atoms with Gasteiger partial charge in [-0.1, -0.05) is 76.4 Å². The summed E-state index contributed by atoms with van der Waals surface area (Å²) in [4.78, 5) is 23.7. The van der Waals surface area contributed by atoms with Gasteiger partial charge < -0.3 is 25.4 Å². The summed E-state index contributed by atoms with van der Waals surface area (Å²) >= 11 is 0. The Bertz CT molecular complexity index is 1110. The summed E-state index contributed by atoms with van der Waals surface area (Å²) < 4.78 is 5.00. The lowest BCUT2D eigenvalue weighted by molar-refractivity contribution is -0.121. The van der Waals surface area contributed by atoms with Crippen LogP contribution in [0.3, 0.4) is 0 Å². The Labute approximate surface area is 246 Å². The third-order valence-corrected chi connectivity index (χ3v) is 6.65. The van der Waals surface area contributed by atoms with E-state index in [4.69, 9.17) is 10.1 Å². The molecule has 1 heterocycles. The summed E-state index contributed by atoms with van der Waals surface area (Å²) in [6, 6.07) is 13.7. The van der Waals surface area contributed by atoms with Gasteiger partial charge in [-0.2, -0.15) is 0 Å². The van der Waals surface area contributed by atoms with E-state index in [9.17, 15) is 14.7 Å². The van der Waals surface area contributed by atoms with E-state index in [0.717, 1.165) is 48.2 Å². The number of allylic oxidation sites excluding steroid dienone is 1. The molecule has 3 rings (SSSR count). The fraction of sp³-hybridized carbons (Fsp3) is 0.485. The molecule has 1 saturated heterocycles. The molecule has 0 spiro atoms. The van der Waals surface area contributed by atoms with Gasteiger partial charge in [0.25, 0.3) is 5.91 Å². The lowest BCUT2D eigenvalue weighted by Crippen LogP contribution is -2.34. The minimum absolute atomic E-state index is 0.0225. The minimum atomic E-state index is -0.406. The van der Waals surface area contributed by atoms with Crippen LogP contribution in [0.1, 0.15) is 64.5 Å². The van der Waals surface area contributed by atoms with Gasteiger partial charge in [-0.25, -0.2) is 0 Å². The van der Waals surface area contributed by atoms with Crippen molar-refractivity contribution in [2.45, 2.75) is 65.3 Å². The SMILES string of the molecule is C/C=C/C(=N)C(=O)NCc1cccc(-c2ccc(C(C)(C)CCCCC)cc2O)c1.CNC.O=CN1CCOCC1. The zero-order valence-electron chi connectivity index (χ0n) is 25.8. The van der Waals surface area contributed by atoms with Gasteiger partial charge in [0.2, 0.25) is 6.41 Å². The van der Waals surface area contributed by atoms with Crippen LogP contribution >= 0.6 is 0 Å². The summed E-state index contributed by atoms with van der Waals surface area (Å²) in [6.45, 7) is 11.7. The number of carbonyl (C=O) groups is 2. The van der Waals surface area contributed by atoms with E-state index in [0.29, 0.717) is 19.8 Å². The number of hydrogen-bond acceptors (Lipinski definition) is 6. The van der Waals surface area contributed by atoms with E-state index in [1.165, 1.54) is 25.3 Å². The van der Waals surface area contributed by atoms with Crippen molar-refractivity contribution in [3.05, 3.63) is 65.7 Å². The van der Waals surface area contributed by atoms with E-state index in [-0.39, 0.29) is 16.9 Å². The van der Waals surface area contributed by atoms with Gasteiger partial charge in [0.1, 0.15) is 11.5 Å². The van der Waals surface area contributed by atoms with Crippen molar-refractivity contribution >= 4 is 18.0 Å². The highest BCUT2D eigenvalue weighted by atomic mass is 16.5. The van der Waals surface area contributed by atoms with E-state index in [1.807, 2.05) is 50.5 Å². The highest BCUT2D eigenvalue weighted by molar-refractivity contribution is 6.41. The lowest BCUT2D eigenvalue weighted by Gasteiger charge is -2.26. The molecule has 0 saturated carbocycles. The molecule has 0 radical (unpaired) electrons. The smallest absolute Gasteiger partial charge is 0.269 e. The van der Waals surface area contributed by atoms with Crippen molar-refractivity contribution in [1.82, 2.24) is 15.5 Å². The molecule has 0 aliphatic carbocycles. The summed E-state index contributed by atoms with van der Waals surface area (Å²) in [5.74, 6) is -0.136. The van der Waals surface area contributed by atoms with Crippen LogP contribution in [0, 0.1) is 5.41 Å². The number of hydrogen-bond donors (Lipinski definition) is 4. The number of nitrogens with one attached hydrogen (secondary N) is 3. The molecule has 1 aliphatic rings. The summed E-state index contributed by atoms with van der Waals surface area (Å²) in [6.07, 6.45) is 8.71. The molecule has 8 nitrogen and oxygen atoms in total. The molecule has 0 atom stereocenters. The van der Waals surface area contributed by atoms with E-state index >= 15 is 0 Å². The van der Waals surface area contributed by atoms with E-state index in [2.05, 4.69) is 37.5 Å². The van der Waals surface area contributed by atoms with Gasteiger partial charge in [0.05, 0.1) is 13.2 Å². The number of ether oxygens (including phenoxy) is 1. The topological polar surface area (TPSA) is 115 Å². The van der Waals surface area contributed by atoms with Gasteiger partial charge in [0.15, 0.2) is 0 Å².